The van der Waals surface area contributed by atoms with Crippen LogP contribution in [-0.2, 0) is 10.0 Å². The number of hydrogen-bond acceptors (Lipinski definition) is 4. The summed E-state index contributed by atoms with van der Waals surface area (Å²) in [5.41, 5.74) is 1.96. The van der Waals surface area contributed by atoms with Gasteiger partial charge in [-0.3, -0.25) is 9.62 Å². The van der Waals surface area contributed by atoms with Crippen molar-refractivity contribution in [1.29, 1.82) is 0 Å². The molecule has 0 bridgehead atoms. The van der Waals surface area contributed by atoms with Gasteiger partial charge >= 0.3 is 0 Å². The van der Waals surface area contributed by atoms with Crippen LogP contribution in [0, 0.1) is 6.92 Å². The van der Waals surface area contributed by atoms with Crippen LogP contribution in [-0.4, -0.2) is 44.1 Å². The number of nitrogens with one attached hydrogen (secondary N) is 3. The van der Waals surface area contributed by atoms with E-state index in [1.54, 1.807) is 42.5 Å². The maximum Gasteiger partial charge on any atom is 0.261 e. The molecule has 9 heteroatoms. The van der Waals surface area contributed by atoms with Gasteiger partial charge in [-0.1, -0.05) is 30.7 Å². The molecule has 162 valence electrons. The zero-order valence-corrected chi connectivity index (χ0v) is 19.5. The first-order chi connectivity index (χ1) is 14.3. The second kappa shape index (κ2) is 9.96. The van der Waals surface area contributed by atoms with Gasteiger partial charge < -0.3 is 10.6 Å². The minimum absolute atomic E-state index is 0.145. The number of aryl methyl sites for hydroxylation is 1. The van der Waals surface area contributed by atoms with E-state index in [-0.39, 0.29) is 4.90 Å². The molecule has 0 saturated carbocycles. The predicted octanol–water partition coefficient (Wildman–Crippen LogP) is 4.22. The van der Waals surface area contributed by atoms with Gasteiger partial charge in [-0.25, -0.2) is 8.42 Å². The molecular formula is C21H27ClN4O2S2. The second-order valence-corrected chi connectivity index (χ2v) is 9.88. The zero-order valence-electron chi connectivity index (χ0n) is 17.1. The molecule has 1 aliphatic rings. The normalized spacial score (nSPS) is 17.0. The Hall–Kier alpha value is -1.87. The molecule has 30 heavy (non-hydrogen) atoms. The van der Waals surface area contributed by atoms with Gasteiger partial charge in [0.15, 0.2) is 5.11 Å². The van der Waals surface area contributed by atoms with E-state index in [1.165, 1.54) is 6.42 Å². The quantitative estimate of drug-likeness (QED) is 0.530. The molecular weight excluding hydrogens is 440 g/mol. The highest BCUT2D eigenvalue weighted by Gasteiger charge is 2.23. The Morgan fingerprint density at radius 3 is 2.80 bits per heavy atom. The number of nitrogens with zero attached hydrogens (tertiary/aromatic N) is 1. The van der Waals surface area contributed by atoms with Crippen LogP contribution in [0.1, 0.15) is 25.3 Å². The van der Waals surface area contributed by atoms with Crippen molar-refractivity contribution in [2.75, 3.05) is 29.7 Å². The fraction of sp³-hybridized carbons (Fsp3) is 0.381. The lowest BCUT2D eigenvalue weighted by Crippen LogP contribution is -2.41. The van der Waals surface area contributed by atoms with Crippen molar-refractivity contribution in [2.24, 2.45) is 0 Å². The number of benzene rings is 2. The van der Waals surface area contributed by atoms with E-state index in [4.69, 9.17) is 23.8 Å². The van der Waals surface area contributed by atoms with Crippen LogP contribution in [0.15, 0.2) is 47.4 Å². The summed E-state index contributed by atoms with van der Waals surface area (Å²) in [7, 11) is -3.76. The van der Waals surface area contributed by atoms with Crippen molar-refractivity contribution in [3.8, 4) is 0 Å². The van der Waals surface area contributed by atoms with Gasteiger partial charge in [0.05, 0.1) is 10.6 Å². The average molecular weight is 467 g/mol. The van der Waals surface area contributed by atoms with E-state index >= 15 is 0 Å². The summed E-state index contributed by atoms with van der Waals surface area (Å²) in [6, 6.07) is 12.0. The monoisotopic (exact) mass is 466 g/mol. The average Bonchev–Trinajstić information content (AvgIpc) is 3.15. The minimum Gasteiger partial charge on any atom is -0.361 e. The van der Waals surface area contributed by atoms with Crippen LogP contribution in [0.2, 0.25) is 5.02 Å². The topological polar surface area (TPSA) is 73.5 Å². The van der Waals surface area contributed by atoms with Crippen molar-refractivity contribution >= 4 is 50.3 Å². The van der Waals surface area contributed by atoms with Gasteiger partial charge in [0.2, 0.25) is 0 Å². The third-order valence-corrected chi connectivity index (χ3v) is 7.11. The summed E-state index contributed by atoms with van der Waals surface area (Å²) in [6.45, 7) is 7.00. The molecule has 3 N–H and O–H groups in total. The third-order valence-electron chi connectivity index (χ3n) is 5.25. The van der Waals surface area contributed by atoms with Crippen molar-refractivity contribution in [2.45, 2.75) is 37.6 Å². The van der Waals surface area contributed by atoms with Crippen LogP contribution in [0.25, 0.3) is 0 Å². The number of anilines is 2. The molecule has 2 aromatic rings. The molecule has 0 aliphatic carbocycles. The number of hydrogen-bond donors (Lipinski definition) is 3. The first-order valence-electron chi connectivity index (χ1n) is 9.96. The highest BCUT2D eigenvalue weighted by Crippen LogP contribution is 2.24. The highest BCUT2D eigenvalue weighted by atomic mass is 35.5. The lowest BCUT2D eigenvalue weighted by molar-refractivity contribution is 0.267. The van der Waals surface area contributed by atoms with E-state index in [9.17, 15) is 8.42 Å². The fourth-order valence-electron chi connectivity index (χ4n) is 3.59. The molecule has 1 unspecified atom stereocenters. The smallest absolute Gasteiger partial charge is 0.261 e. The van der Waals surface area contributed by atoms with E-state index in [1.807, 2.05) is 6.92 Å². The first kappa shape index (κ1) is 22.8. The van der Waals surface area contributed by atoms with E-state index < -0.39 is 10.0 Å². The van der Waals surface area contributed by atoms with Gasteiger partial charge in [0, 0.05) is 23.3 Å². The van der Waals surface area contributed by atoms with Gasteiger partial charge in [-0.2, -0.15) is 0 Å². The zero-order chi connectivity index (χ0) is 21.7. The molecule has 0 amide bonds. The Morgan fingerprint density at radius 2 is 2.07 bits per heavy atom. The Balaban J connectivity index is 1.67. The Labute approximate surface area is 189 Å². The molecule has 1 fully saturated rings. The van der Waals surface area contributed by atoms with Gasteiger partial charge in [0.1, 0.15) is 0 Å². The van der Waals surface area contributed by atoms with E-state index in [0.717, 1.165) is 31.6 Å². The molecule has 0 radical (unpaired) electrons. The third kappa shape index (κ3) is 5.85. The van der Waals surface area contributed by atoms with Crippen LogP contribution in [0.4, 0.5) is 11.4 Å². The highest BCUT2D eigenvalue weighted by molar-refractivity contribution is 7.92. The molecule has 3 rings (SSSR count). The fourth-order valence-corrected chi connectivity index (χ4v) is 5.05. The Morgan fingerprint density at radius 1 is 1.27 bits per heavy atom. The van der Waals surface area contributed by atoms with Crippen molar-refractivity contribution in [3.05, 3.63) is 53.1 Å². The molecule has 2 aromatic carbocycles. The lowest BCUT2D eigenvalue weighted by Gasteiger charge is -2.24. The number of sulfonamides is 1. The number of likely N-dealkylation sites (N-methyl/N-ethyl adjacent to an activating group) is 1. The number of rotatable bonds is 7. The summed E-state index contributed by atoms with van der Waals surface area (Å²) in [4.78, 5) is 2.58. The molecule has 1 aliphatic heterocycles. The molecule has 0 spiro atoms. The SMILES string of the molecule is CCN1CCCC1CNC(=S)Nc1cc(S(=O)(=O)Nc2cccc(Cl)c2)ccc1C. The van der Waals surface area contributed by atoms with Gasteiger partial charge in [0.25, 0.3) is 10.0 Å². The maximum atomic E-state index is 12.8. The number of thiocarbonyl (C=S) groups is 1. The van der Waals surface area contributed by atoms with Crippen molar-refractivity contribution < 1.29 is 8.42 Å². The summed E-state index contributed by atoms with van der Waals surface area (Å²) in [5.74, 6) is 0. The first-order valence-corrected chi connectivity index (χ1v) is 12.2. The predicted molar refractivity (Wildman–Crippen MR) is 128 cm³/mol. The van der Waals surface area contributed by atoms with Crippen molar-refractivity contribution in [1.82, 2.24) is 10.2 Å². The van der Waals surface area contributed by atoms with Crippen LogP contribution in [0.5, 0.6) is 0 Å². The second-order valence-electron chi connectivity index (χ2n) is 7.35. The summed E-state index contributed by atoms with van der Waals surface area (Å²) < 4.78 is 28.1. The number of halogens is 1. The van der Waals surface area contributed by atoms with Gasteiger partial charge in [-0.15, -0.1) is 0 Å². The lowest BCUT2D eigenvalue weighted by atomic mass is 10.2. The Bertz CT molecular complexity index is 1010. The van der Waals surface area contributed by atoms with E-state index in [0.29, 0.717) is 27.6 Å². The van der Waals surface area contributed by atoms with Crippen LogP contribution in [0.3, 0.4) is 0 Å². The summed E-state index contributed by atoms with van der Waals surface area (Å²) >= 11 is 11.4. The van der Waals surface area contributed by atoms with E-state index in [2.05, 4.69) is 27.2 Å². The molecule has 1 atom stereocenters. The molecule has 1 saturated heterocycles. The standard InChI is InChI=1S/C21H27ClN4O2S2/c1-3-26-11-5-8-18(26)14-23-21(29)24-20-13-19(10-9-15(20)2)30(27,28)25-17-7-4-6-16(22)12-17/h4,6-7,9-10,12-13,18,25H,3,5,8,11,14H2,1-2H3,(H2,23,24,29). The van der Waals surface area contributed by atoms with Crippen molar-refractivity contribution in [3.63, 3.8) is 0 Å². The molecule has 1 heterocycles. The molecule has 6 nitrogen and oxygen atoms in total. The molecule has 0 aromatic heterocycles. The maximum absolute atomic E-state index is 12.8. The Kier molecular flexibility index (Phi) is 7.57. The summed E-state index contributed by atoms with van der Waals surface area (Å²) in [6.07, 6.45) is 2.37. The van der Waals surface area contributed by atoms with Crippen LogP contribution >= 0.6 is 23.8 Å². The van der Waals surface area contributed by atoms with Crippen LogP contribution < -0.4 is 15.4 Å². The van der Waals surface area contributed by atoms with Gasteiger partial charge in [-0.05, 0) is 81.0 Å². The largest absolute Gasteiger partial charge is 0.361 e. The summed E-state index contributed by atoms with van der Waals surface area (Å²) in [5, 5.41) is 7.35. The number of likely N-dealkylation sites (tertiary alicyclic amines) is 1. The minimum atomic E-state index is -3.76.